The maximum atomic E-state index is 12.4. The Hall–Kier alpha value is -2.37. The molecule has 24 heavy (non-hydrogen) atoms. The molecule has 0 unspecified atom stereocenters. The Morgan fingerprint density at radius 1 is 1.17 bits per heavy atom. The number of ether oxygens (including phenoxy) is 1. The van der Waals surface area contributed by atoms with Gasteiger partial charge in [0.05, 0.1) is 0 Å². The molecule has 0 amide bonds. The Labute approximate surface area is 141 Å². The van der Waals surface area contributed by atoms with Crippen molar-refractivity contribution in [1.29, 1.82) is 0 Å². The maximum absolute atomic E-state index is 12.4. The topological polar surface area (TPSA) is 66.1 Å². The van der Waals surface area contributed by atoms with Crippen molar-refractivity contribution in [2.75, 3.05) is 0 Å². The molecule has 6 nitrogen and oxygen atoms in total. The average Bonchev–Trinajstić information content (AvgIpc) is 2.73. The van der Waals surface area contributed by atoms with E-state index in [1.807, 2.05) is 32.9 Å². The number of carbonyl (C=O) groups excluding carboxylic acids is 1. The van der Waals surface area contributed by atoms with Gasteiger partial charge in [0.15, 0.2) is 0 Å². The van der Waals surface area contributed by atoms with Crippen molar-refractivity contribution in [3.8, 4) is 5.75 Å². The molecule has 0 aliphatic carbocycles. The van der Waals surface area contributed by atoms with Gasteiger partial charge in [-0.15, -0.1) is 0 Å². The third-order valence-electron chi connectivity index (χ3n) is 4.65. The number of aromatic nitrogens is 3. The van der Waals surface area contributed by atoms with Crippen LogP contribution in [0, 0.1) is 20.8 Å². The lowest BCUT2D eigenvalue weighted by molar-refractivity contribution is -0.135. The highest BCUT2D eigenvalue weighted by atomic mass is 16.5. The number of aryl methyl sites for hydroxylation is 3. The second-order valence-corrected chi connectivity index (χ2v) is 6.45. The van der Waals surface area contributed by atoms with Gasteiger partial charge in [0, 0.05) is 13.0 Å². The number of rotatable bonds is 3. The third-order valence-corrected chi connectivity index (χ3v) is 4.65. The van der Waals surface area contributed by atoms with E-state index in [2.05, 4.69) is 5.10 Å². The molecule has 0 fully saturated rings. The van der Waals surface area contributed by atoms with Gasteiger partial charge < -0.3 is 4.74 Å². The van der Waals surface area contributed by atoms with E-state index in [1.165, 1.54) is 4.68 Å². The molecule has 2 heterocycles. The van der Waals surface area contributed by atoms with E-state index in [0.29, 0.717) is 12.3 Å². The van der Waals surface area contributed by atoms with Gasteiger partial charge in [0.2, 0.25) is 0 Å². The van der Waals surface area contributed by atoms with Crippen LogP contribution in [-0.2, 0) is 24.3 Å². The molecule has 6 heteroatoms. The van der Waals surface area contributed by atoms with Crippen molar-refractivity contribution >= 4 is 5.97 Å². The van der Waals surface area contributed by atoms with E-state index in [1.54, 1.807) is 4.57 Å². The predicted octanol–water partition coefficient (Wildman–Crippen LogP) is 2.30. The summed E-state index contributed by atoms with van der Waals surface area (Å²) >= 11 is 0. The summed E-state index contributed by atoms with van der Waals surface area (Å²) in [6.45, 7) is 6.32. The number of esters is 1. The summed E-state index contributed by atoms with van der Waals surface area (Å²) in [6.07, 6.45) is 3.90. The molecule has 2 aromatic rings. The number of fused-ring (bicyclic) bond motifs is 1. The fourth-order valence-electron chi connectivity index (χ4n) is 3.08. The average molecular weight is 329 g/mol. The van der Waals surface area contributed by atoms with Gasteiger partial charge in [0.1, 0.15) is 18.1 Å². The van der Waals surface area contributed by atoms with Crippen LogP contribution in [0.4, 0.5) is 0 Å². The van der Waals surface area contributed by atoms with Gasteiger partial charge in [-0.1, -0.05) is 18.6 Å². The van der Waals surface area contributed by atoms with E-state index in [9.17, 15) is 9.59 Å². The number of nitrogens with zero attached hydrogens (tertiary/aromatic N) is 3. The molecule has 0 spiro atoms. The van der Waals surface area contributed by atoms with Gasteiger partial charge in [-0.05, 0) is 50.3 Å². The largest absolute Gasteiger partial charge is 0.425 e. The monoisotopic (exact) mass is 329 g/mol. The van der Waals surface area contributed by atoms with Crippen LogP contribution in [-0.4, -0.2) is 20.3 Å². The van der Waals surface area contributed by atoms with E-state index in [-0.39, 0.29) is 12.2 Å². The zero-order valence-corrected chi connectivity index (χ0v) is 14.5. The molecule has 1 aliphatic heterocycles. The van der Waals surface area contributed by atoms with Crippen molar-refractivity contribution in [3.63, 3.8) is 0 Å². The fourth-order valence-corrected chi connectivity index (χ4v) is 3.08. The zero-order valence-electron chi connectivity index (χ0n) is 14.5. The van der Waals surface area contributed by atoms with Gasteiger partial charge in [0.25, 0.3) is 0 Å². The van der Waals surface area contributed by atoms with Crippen molar-refractivity contribution in [2.24, 2.45) is 0 Å². The highest BCUT2D eigenvalue weighted by Gasteiger charge is 2.19. The Balaban J connectivity index is 1.79. The van der Waals surface area contributed by atoms with Crippen molar-refractivity contribution < 1.29 is 9.53 Å². The lowest BCUT2D eigenvalue weighted by Gasteiger charge is -2.12. The molecule has 0 bridgehead atoms. The van der Waals surface area contributed by atoms with Crippen LogP contribution in [0.1, 0.15) is 41.8 Å². The molecule has 0 saturated heterocycles. The molecule has 1 aromatic heterocycles. The summed E-state index contributed by atoms with van der Waals surface area (Å²) in [5.74, 6) is 0.879. The summed E-state index contributed by atoms with van der Waals surface area (Å²) in [6, 6.07) is 3.93. The first kappa shape index (κ1) is 16.5. The molecule has 3 rings (SSSR count). The normalized spacial score (nSPS) is 14.1. The van der Waals surface area contributed by atoms with Crippen molar-refractivity contribution in [2.45, 2.75) is 59.5 Å². The second-order valence-electron chi connectivity index (χ2n) is 6.45. The zero-order chi connectivity index (χ0) is 17.3. The van der Waals surface area contributed by atoms with E-state index in [4.69, 9.17) is 4.74 Å². The molecule has 128 valence electrons. The quantitative estimate of drug-likeness (QED) is 0.640. The van der Waals surface area contributed by atoms with Gasteiger partial charge in [-0.3, -0.25) is 4.57 Å². The van der Waals surface area contributed by atoms with Gasteiger partial charge in [-0.2, -0.15) is 5.10 Å². The number of hydrogen-bond acceptors (Lipinski definition) is 4. The van der Waals surface area contributed by atoms with Crippen LogP contribution >= 0.6 is 0 Å². The van der Waals surface area contributed by atoms with Gasteiger partial charge >= 0.3 is 11.7 Å². The summed E-state index contributed by atoms with van der Waals surface area (Å²) in [5, 5.41) is 4.32. The van der Waals surface area contributed by atoms with Crippen LogP contribution in [0.5, 0.6) is 5.75 Å². The first-order chi connectivity index (χ1) is 11.5. The fraction of sp³-hybridized carbons (Fsp3) is 0.500. The molecule has 0 saturated carbocycles. The minimum atomic E-state index is -0.470. The highest BCUT2D eigenvalue weighted by molar-refractivity contribution is 5.73. The minimum absolute atomic E-state index is 0.161. The van der Waals surface area contributed by atoms with Crippen LogP contribution < -0.4 is 10.4 Å². The summed E-state index contributed by atoms with van der Waals surface area (Å²) in [7, 11) is 0. The van der Waals surface area contributed by atoms with Crippen LogP contribution in [0.2, 0.25) is 0 Å². The molecular formula is C18H23N3O3. The summed E-state index contributed by atoms with van der Waals surface area (Å²) in [4.78, 5) is 24.7. The highest BCUT2D eigenvalue weighted by Crippen LogP contribution is 2.25. The molecule has 0 radical (unpaired) electrons. The lowest BCUT2D eigenvalue weighted by Crippen LogP contribution is -2.29. The molecule has 1 aromatic carbocycles. The molecule has 0 atom stereocenters. The van der Waals surface area contributed by atoms with Crippen molar-refractivity contribution in [3.05, 3.63) is 45.1 Å². The Bertz CT molecular complexity index is 833. The van der Waals surface area contributed by atoms with Crippen LogP contribution in [0.15, 0.2) is 16.9 Å². The molecule has 1 aliphatic rings. The smallest absolute Gasteiger partial charge is 0.346 e. The Morgan fingerprint density at radius 3 is 2.71 bits per heavy atom. The van der Waals surface area contributed by atoms with Crippen molar-refractivity contribution in [1.82, 2.24) is 14.3 Å². The minimum Gasteiger partial charge on any atom is -0.425 e. The Kier molecular flexibility index (Phi) is 4.55. The second kappa shape index (κ2) is 6.63. The van der Waals surface area contributed by atoms with E-state index < -0.39 is 5.97 Å². The van der Waals surface area contributed by atoms with E-state index >= 15 is 0 Å². The maximum Gasteiger partial charge on any atom is 0.346 e. The molecular weight excluding hydrogens is 306 g/mol. The number of benzene rings is 1. The van der Waals surface area contributed by atoms with Gasteiger partial charge in [-0.25, -0.2) is 14.3 Å². The first-order valence-corrected chi connectivity index (χ1v) is 8.41. The standard InChI is InChI=1S/C18H23N3O3/c1-12-8-9-13(2)17(14(12)3)24-16(22)11-21-18(23)20-10-6-4-5-7-15(20)19-21/h8-9H,4-7,10-11H2,1-3H3. The van der Waals surface area contributed by atoms with Crippen LogP contribution in [0.25, 0.3) is 0 Å². The summed E-state index contributed by atoms with van der Waals surface area (Å²) < 4.78 is 8.43. The summed E-state index contributed by atoms with van der Waals surface area (Å²) in [5.41, 5.74) is 2.69. The van der Waals surface area contributed by atoms with Crippen LogP contribution in [0.3, 0.4) is 0 Å². The predicted molar refractivity (Wildman–Crippen MR) is 90.3 cm³/mol. The third kappa shape index (κ3) is 3.13. The van der Waals surface area contributed by atoms with E-state index in [0.717, 1.165) is 48.2 Å². The molecule has 0 N–H and O–H groups in total. The Morgan fingerprint density at radius 2 is 1.92 bits per heavy atom. The first-order valence-electron chi connectivity index (χ1n) is 8.41. The number of carbonyl (C=O) groups is 1. The lowest BCUT2D eigenvalue weighted by atomic mass is 10.1. The SMILES string of the molecule is Cc1ccc(C)c(OC(=O)Cn2nc3n(c2=O)CCCCC3)c1C. The number of hydrogen-bond donors (Lipinski definition) is 0.